The van der Waals surface area contributed by atoms with Gasteiger partial charge in [0.25, 0.3) is 0 Å². The Morgan fingerprint density at radius 3 is 2.77 bits per heavy atom. The largest absolute Gasteiger partial charge is 0.493 e. The Labute approximate surface area is 150 Å². The van der Waals surface area contributed by atoms with Crippen LogP contribution in [-0.4, -0.2) is 31.5 Å². The van der Waals surface area contributed by atoms with E-state index < -0.39 is 0 Å². The minimum atomic E-state index is -0.256. The Kier molecular flexibility index (Phi) is 4.60. The molecular formula is C19H19FN2O4. The Bertz CT molecular complexity index is 784. The van der Waals surface area contributed by atoms with Crippen LogP contribution in [0.25, 0.3) is 0 Å². The molecule has 2 heterocycles. The average Bonchev–Trinajstić information content (AvgIpc) is 3.14. The molecule has 1 saturated heterocycles. The van der Waals surface area contributed by atoms with Crippen LogP contribution < -0.4 is 14.2 Å². The van der Waals surface area contributed by atoms with E-state index in [1.165, 1.54) is 17.1 Å². The van der Waals surface area contributed by atoms with Crippen LogP contribution in [0, 0.1) is 16.6 Å². The van der Waals surface area contributed by atoms with Crippen LogP contribution in [0.1, 0.15) is 17.9 Å². The van der Waals surface area contributed by atoms with E-state index in [1.807, 2.05) is 12.1 Å². The van der Waals surface area contributed by atoms with Crippen LogP contribution in [0.5, 0.6) is 17.2 Å². The predicted molar refractivity (Wildman–Crippen MR) is 92.7 cm³/mol. The fourth-order valence-electron chi connectivity index (χ4n) is 3.57. The Morgan fingerprint density at radius 2 is 1.96 bits per heavy atom. The molecule has 0 unspecified atom stereocenters. The first kappa shape index (κ1) is 16.6. The summed E-state index contributed by atoms with van der Waals surface area (Å²) >= 11 is 0. The zero-order valence-corrected chi connectivity index (χ0v) is 14.1. The molecule has 0 N–H and O–H groups in total. The number of rotatable bonds is 5. The van der Waals surface area contributed by atoms with Crippen LogP contribution in [0.2, 0.25) is 0 Å². The van der Waals surface area contributed by atoms with Crippen LogP contribution in [-0.2, 0) is 0 Å². The molecule has 26 heavy (non-hydrogen) atoms. The molecule has 2 atom stereocenters. The van der Waals surface area contributed by atoms with Gasteiger partial charge in [0.2, 0.25) is 6.79 Å². The van der Waals surface area contributed by atoms with Crippen molar-refractivity contribution in [3.05, 3.63) is 58.8 Å². The van der Waals surface area contributed by atoms with Gasteiger partial charge >= 0.3 is 0 Å². The van der Waals surface area contributed by atoms with Crippen molar-refractivity contribution in [1.29, 1.82) is 0 Å². The Balaban J connectivity index is 1.48. The number of ether oxygens (including phenoxy) is 3. The van der Waals surface area contributed by atoms with E-state index in [2.05, 4.69) is 5.29 Å². The van der Waals surface area contributed by atoms with E-state index in [-0.39, 0.29) is 24.4 Å². The van der Waals surface area contributed by atoms with E-state index >= 15 is 0 Å². The summed E-state index contributed by atoms with van der Waals surface area (Å²) in [6, 6.07) is 12.0. The molecular weight excluding hydrogens is 339 g/mol. The van der Waals surface area contributed by atoms with Crippen LogP contribution in [0.3, 0.4) is 0 Å². The fourth-order valence-corrected chi connectivity index (χ4v) is 3.57. The highest BCUT2D eigenvalue weighted by Gasteiger charge is 2.31. The van der Waals surface area contributed by atoms with Crippen LogP contribution in [0.15, 0.2) is 47.8 Å². The maximum absolute atomic E-state index is 13.2. The van der Waals surface area contributed by atoms with Gasteiger partial charge in [-0.15, -0.1) is 4.91 Å². The number of nitrogens with zero attached hydrogens (tertiary/aromatic N) is 2. The highest BCUT2D eigenvalue weighted by Crippen LogP contribution is 2.37. The van der Waals surface area contributed by atoms with E-state index in [0.717, 1.165) is 12.0 Å². The van der Waals surface area contributed by atoms with Crippen LogP contribution in [0.4, 0.5) is 4.39 Å². The third-order valence-electron chi connectivity index (χ3n) is 4.93. The molecule has 0 aliphatic carbocycles. The van der Waals surface area contributed by atoms with Crippen molar-refractivity contribution in [2.45, 2.75) is 12.3 Å². The molecule has 0 radical (unpaired) electrons. The molecule has 6 nitrogen and oxygen atoms in total. The number of hydrogen-bond acceptors (Lipinski definition) is 5. The molecule has 0 amide bonds. The minimum absolute atomic E-state index is 0.0670. The summed E-state index contributed by atoms with van der Waals surface area (Å²) in [7, 11) is 0. The minimum Gasteiger partial charge on any atom is -0.493 e. The van der Waals surface area contributed by atoms with Crippen LogP contribution >= 0.6 is 0 Å². The zero-order valence-electron chi connectivity index (χ0n) is 14.1. The number of nitroso groups, excluding NO2 is 1. The molecule has 2 aliphatic rings. The second-order valence-corrected chi connectivity index (χ2v) is 6.53. The third kappa shape index (κ3) is 3.42. The molecule has 0 bridgehead atoms. The lowest BCUT2D eigenvalue weighted by molar-refractivity contribution is 0.112. The van der Waals surface area contributed by atoms with Crippen molar-refractivity contribution >= 4 is 0 Å². The average molecular weight is 358 g/mol. The second kappa shape index (κ2) is 7.19. The lowest BCUT2D eigenvalue weighted by Crippen LogP contribution is -2.39. The molecule has 0 saturated carbocycles. The van der Waals surface area contributed by atoms with Gasteiger partial charge in [-0.1, -0.05) is 12.1 Å². The SMILES string of the molecule is O=NN1CC[C@@H](c2ccc(F)cc2)[C@H](COc2ccc3c(c2)OCO3)C1. The molecule has 2 aromatic carbocycles. The van der Waals surface area contributed by atoms with E-state index in [4.69, 9.17) is 14.2 Å². The topological polar surface area (TPSA) is 60.4 Å². The Morgan fingerprint density at radius 1 is 1.15 bits per heavy atom. The highest BCUT2D eigenvalue weighted by atomic mass is 19.1. The molecule has 2 aliphatic heterocycles. The third-order valence-corrected chi connectivity index (χ3v) is 4.93. The van der Waals surface area contributed by atoms with Gasteiger partial charge in [-0.05, 0) is 42.2 Å². The first-order chi connectivity index (χ1) is 12.7. The summed E-state index contributed by atoms with van der Waals surface area (Å²) in [5, 5.41) is 4.59. The summed E-state index contributed by atoms with van der Waals surface area (Å²) in [5.74, 6) is 2.05. The van der Waals surface area contributed by atoms with E-state index in [0.29, 0.717) is 36.9 Å². The smallest absolute Gasteiger partial charge is 0.231 e. The molecule has 136 valence electrons. The summed E-state index contributed by atoms with van der Waals surface area (Å²) in [6.07, 6.45) is 0.770. The molecule has 0 aromatic heterocycles. The summed E-state index contributed by atoms with van der Waals surface area (Å²) in [6.45, 7) is 1.74. The van der Waals surface area contributed by atoms with Crippen molar-refractivity contribution in [1.82, 2.24) is 5.01 Å². The molecule has 7 heteroatoms. The van der Waals surface area contributed by atoms with Gasteiger partial charge in [0.1, 0.15) is 11.6 Å². The number of benzene rings is 2. The lowest BCUT2D eigenvalue weighted by Gasteiger charge is -2.35. The molecule has 0 spiro atoms. The fraction of sp³-hybridized carbons (Fsp3) is 0.368. The zero-order chi connectivity index (χ0) is 17.9. The lowest BCUT2D eigenvalue weighted by atomic mass is 9.81. The quantitative estimate of drug-likeness (QED) is 0.763. The molecule has 2 aromatic rings. The molecule has 1 fully saturated rings. The normalized spacial score (nSPS) is 21.5. The summed E-state index contributed by atoms with van der Waals surface area (Å²) in [4.78, 5) is 11.0. The Hall–Kier alpha value is -2.83. The standard InChI is InChI=1S/C19H19FN2O4/c20-15-3-1-13(2-4-15)17-7-8-22(21-23)10-14(17)11-24-16-5-6-18-19(9-16)26-12-25-18/h1-6,9,14,17H,7-8,10-12H2/t14-,17-/m0/s1. The predicted octanol–water partition coefficient (Wildman–Crippen LogP) is 3.72. The van der Waals surface area contributed by atoms with Gasteiger partial charge in [-0.2, -0.15) is 0 Å². The van der Waals surface area contributed by atoms with Gasteiger partial charge in [0, 0.05) is 25.1 Å². The number of halogens is 1. The maximum atomic E-state index is 13.2. The number of hydrogen-bond donors (Lipinski definition) is 0. The summed E-state index contributed by atoms with van der Waals surface area (Å²) < 4.78 is 29.9. The summed E-state index contributed by atoms with van der Waals surface area (Å²) in [5.41, 5.74) is 1.05. The first-order valence-corrected chi connectivity index (χ1v) is 8.59. The van der Waals surface area contributed by atoms with E-state index in [9.17, 15) is 9.30 Å². The van der Waals surface area contributed by atoms with Crippen molar-refractivity contribution in [3.63, 3.8) is 0 Å². The first-order valence-electron chi connectivity index (χ1n) is 8.59. The van der Waals surface area contributed by atoms with Gasteiger partial charge in [0.15, 0.2) is 11.5 Å². The van der Waals surface area contributed by atoms with Crippen molar-refractivity contribution in [2.75, 3.05) is 26.5 Å². The molecule has 4 rings (SSSR count). The van der Waals surface area contributed by atoms with E-state index in [1.54, 1.807) is 18.2 Å². The van der Waals surface area contributed by atoms with Crippen molar-refractivity contribution in [2.24, 2.45) is 11.2 Å². The van der Waals surface area contributed by atoms with Gasteiger partial charge < -0.3 is 14.2 Å². The maximum Gasteiger partial charge on any atom is 0.231 e. The van der Waals surface area contributed by atoms with Crippen molar-refractivity contribution < 1.29 is 18.6 Å². The van der Waals surface area contributed by atoms with Gasteiger partial charge in [-0.3, -0.25) is 5.01 Å². The highest BCUT2D eigenvalue weighted by molar-refractivity contribution is 5.46. The van der Waals surface area contributed by atoms with Crippen molar-refractivity contribution in [3.8, 4) is 17.2 Å². The van der Waals surface area contributed by atoms with Gasteiger partial charge in [0.05, 0.1) is 11.9 Å². The second-order valence-electron chi connectivity index (χ2n) is 6.53. The monoisotopic (exact) mass is 358 g/mol. The number of fused-ring (bicyclic) bond motifs is 1. The van der Waals surface area contributed by atoms with Gasteiger partial charge in [-0.25, -0.2) is 4.39 Å². The number of piperidine rings is 1.